The lowest BCUT2D eigenvalue weighted by atomic mass is 9.72. The van der Waals surface area contributed by atoms with E-state index in [4.69, 9.17) is 4.98 Å². The monoisotopic (exact) mass is 631 g/mol. The van der Waals surface area contributed by atoms with E-state index in [2.05, 4.69) is 128 Å². The molecule has 0 bridgehead atoms. The molecule has 0 spiro atoms. The van der Waals surface area contributed by atoms with Crippen molar-refractivity contribution in [3.05, 3.63) is 149 Å². The summed E-state index contributed by atoms with van der Waals surface area (Å²) >= 11 is 0. The number of anilines is 2. The van der Waals surface area contributed by atoms with Gasteiger partial charge in [-0.1, -0.05) is 93.7 Å². The molecule has 3 nitrogen and oxygen atoms in total. The summed E-state index contributed by atoms with van der Waals surface area (Å²) in [5, 5.41) is 0. The summed E-state index contributed by atoms with van der Waals surface area (Å²) in [6, 6.07) is 14.5. The van der Waals surface area contributed by atoms with Crippen LogP contribution in [0.15, 0.2) is 138 Å². The maximum absolute atomic E-state index is 4.92. The Morgan fingerprint density at radius 1 is 0.896 bits per heavy atom. The van der Waals surface area contributed by atoms with Crippen LogP contribution in [-0.2, 0) is 5.41 Å². The fraction of sp³-hybridized carbons (Fsp3) is 0.400. The molecular formula is C45H49N3. The lowest BCUT2D eigenvalue weighted by Gasteiger charge is -2.37. The molecule has 3 heteroatoms. The van der Waals surface area contributed by atoms with E-state index in [0.29, 0.717) is 35.8 Å². The van der Waals surface area contributed by atoms with Crippen LogP contribution < -0.4 is 4.90 Å². The highest BCUT2D eigenvalue weighted by atomic mass is 15.2. The highest BCUT2D eigenvalue weighted by Crippen LogP contribution is 2.56. The minimum atomic E-state index is 0.177. The van der Waals surface area contributed by atoms with E-state index in [1.54, 1.807) is 22.4 Å². The molecule has 0 amide bonds. The molecule has 0 saturated heterocycles. The summed E-state index contributed by atoms with van der Waals surface area (Å²) in [6.45, 7) is 7.43. The van der Waals surface area contributed by atoms with Gasteiger partial charge in [-0.25, -0.2) is 4.98 Å². The Bertz CT molecular complexity index is 1860. The zero-order valence-electron chi connectivity index (χ0n) is 28.9. The average Bonchev–Trinajstić information content (AvgIpc) is 3.59. The van der Waals surface area contributed by atoms with Crippen molar-refractivity contribution in [1.29, 1.82) is 0 Å². The van der Waals surface area contributed by atoms with Crippen molar-refractivity contribution in [3.63, 3.8) is 0 Å². The third-order valence-corrected chi connectivity index (χ3v) is 12.7. The van der Waals surface area contributed by atoms with Crippen LogP contribution in [0.5, 0.6) is 0 Å². The third kappa shape index (κ3) is 4.79. The van der Waals surface area contributed by atoms with E-state index >= 15 is 0 Å². The second-order valence-corrected chi connectivity index (χ2v) is 15.7. The second kappa shape index (κ2) is 11.8. The lowest BCUT2D eigenvalue weighted by molar-refractivity contribution is 0.301. The van der Waals surface area contributed by atoms with E-state index in [1.807, 2.05) is 12.3 Å². The fourth-order valence-electron chi connectivity index (χ4n) is 10.4. The van der Waals surface area contributed by atoms with Crippen LogP contribution in [-0.4, -0.2) is 22.0 Å². The van der Waals surface area contributed by atoms with E-state index in [9.17, 15) is 0 Å². The molecule has 2 aromatic rings. The number of pyridine rings is 1. The van der Waals surface area contributed by atoms with Crippen LogP contribution in [0.25, 0.3) is 0 Å². The smallest absolute Gasteiger partial charge is 0.133 e. The number of hydrogen-bond acceptors (Lipinski definition) is 3. The van der Waals surface area contributed by atoms with Gasteiger partial charge in [0.1, 0.15) is 5.82 Å². The van der Waals surface area contributed by atoms with Crippen LogP contribution in [0.4, 0.5) is 11.5 Å². The van der Waals surface area contributed by atoms with E-state index in [0.717, 1.165) is 44.3 Å². The molecule has 0 saturated carbocycles. The number of benzene rings is 1. The standard InChI is InChI=1S/C45H49N3/c1-30-27-32(28-39-38-16-8-10-18-42(38)48(44(30)39)33-13-5-4-6-14-33)31-20-22-34(23-21-31)47(43-19-11-12-26-46-43)35-24-25-37-36-15-7-9-17-40(36)45(2,3)41(37)29-35/h4-5,7-8,10-13,15-16,18-20,24-26,28-30,34,36,38,40,42H,6,9,14,17,21-23,27H2,1-3H3. The highest BCUT2D eigenvalue weighted by Gasteiger charge is 2.46. The molecular weight excluding hydrogens is 583 g/mol. The van der Waals surface area contributed by atoms with Gasteiger partial charge in [-0.2, -0.15) is 0 Å². The average molecular weight is 632 g/mol. The molecule has 6 atom stereocenters. The number of rotatable bonds is 5. The van der Waals surface area contributed by atoms with Crippen molar-refractivity contribution < 1.29 is 0 Å². The number of fused-ring (bicyclic) bond motifs is 5. The molecule has 1 aromatic heterocycles. The summed E-state index contributed by atoms with van der Waals surface area (Å²) in [5.74, 6) is 3.26. The summed E-state index contributed by atoms with van der Waals surface area (Å²) in [5.41, 5.74) is 12.3. The third-order valence-electron chi connectivity index (χ3n) is 12.7. The van der Waals surface area contributed by atoms with Crippen LogP contribution in [0.2, 0.25) is 0 Å². The summed E-state index contributed by atoms with van der Waals surface area (Å²) < 4.78 is 0. The SMILES string of the molecule is CC1CC(C2=CCC(N(c3ccc4c(c3)C(C)(C)C3CCC=CC43)c3ccccn3)CC2)=CC2=C1N(C1=CC=CCC1)C1C=CC=CC21. The fourth-order valence-corrected chi connectivity index (χ4v) is 10.4. The minimum absolute atomic E-state index is 0.177. The minimum Gasteiger partial charge on any atom is -0.340 e. The van der Waals surface area contributed by atoms with E-state index < -0.39 is 0 Å². The molecule has 6 unspecified atom stereocenters. The first kappa shape index (κ1) is 30.0. The maximum Gasteiger partial charge on any atom is 0.133 e. The van der Waals surface area contributed by atoms with Crippen molar-refractivity contribution >= 4 is 11.5 Å². The highest BCUT2D eigenvalue weighted by molar-refractivity contribution is 5.66. The van der Waals surface area contributed by atoms with Crippen molar-refractivity contribution in [2.45, 2.75) is 95.6 Å². The first-order chi connectivity index (χ1) is 23.5. The molecule has 244 valence electrons. The van der Waals surface area contributed by atoms with Gasteiger partial charge in [-0.05, 0) is 121 Å². The largest absolute Gasteiger partial charge is 0.340 e. The number of aromatic nitrogens is 1. The van der Waals surface area contributed by atoms with Gasteiger partial charge in [-0.15, -0.1) is 0 Å². The van der Waals surface area contributed by atoms with E-state index in [1.165, 1.54) is 35.4 Å². The number of nitrogens with zero attached hydrogens (tertiary/aromatic N) is 3. The van der Waals surface area contributed by atoms with Crippen molar-refractivity contribution in [2.24, 2.45) is 17.8 Å². The van der Waals surface area contributed by atoms with Gasteiger partial charge in [0.25, 0.3) is 0 Å². The number of hydrogen-bond donors (Lipinski definition) is 0. The van der Waals surface area contributed by atoms with Gasteiger partial charge < -0.3 is 9.80 Å². The van der Waals surface area contributed by atoms with Gasteiger partial charge >= 0.3 is 0 Å². The molecule has 0 fully saturated rings. The summed E-state index contributed by atoms with van der Waals surface area (Å²) in [7, 11) is 0. The first-order valence-corrected chi connectivity index (χ1v) is 18.6. The van der Waals surface area contributed by atoms with Crippen LogP contribution >= 0.6 is 0 Å². The van der Waals surface area contributed by atoms with Crippen molar-refractivity contribution in [2.75, 3.05) is 4.90 Å². The first-order valence-electron chi connectivity index (χ1n) is 18.6. The molecule has 48 heavy (non-hydrogen) atoms. The van der Waals surface area contributed by atoms with Gasteiger partial charge in [0.05, 0.1) is 6.04 Å². The Balaban J connectivity index is 1.03. The van der Waals surface area contributed by atoms with Gasteiger partial charge in [0.15, 0.2) is 0 Å². The van der Waals surface area contributed by atoms with E-state index in [-0.39, 0.29) is 5.41 Å². The molecule has 0 radical (unpaired) electrons. The predicted molar refractivity (Wildman–Crippen MR) is 199 cm³/mol. The van der Waals surface area contributed by atoms with Crippen LogP contribution in [0, 0.1) is 17.8 Å². The Morgan fingerprint density at radius 3 is 2.62 bits per heavy atom. The molecule has 1 aromatic carbocycles. The molecule has 2 heterocycles. The van der Waals surface area contributed by atoms with Crippen LogP contribution in [0.3, 0.4) is 0 Å². The normalized spacial score (nSPS) is 31.1. The Hall–Kier alpha value is -4.11. The topological polar surface area (TPSA) is 19.4 Å². The Morgan fingerprint density at radius 2 is 1.81 bits per heavy atom. The number of allylic oxidation sites excluding steroid dienone is 12. The Labute approximate surface area is 287 Å². The maximum atomic E-state index is 4.92. The lowest BCUT2D eigenvalue weighted by Crippen LogP contribution is -2.34. The molecule has 6 aliphatic carbocycles. The van der Waals surface area contributed by atoms with Gasteiger partial charge in [-0.3, -0.25) is 0 Å². The molecule has 7 aliphatic rings. The molecule has 0 N–H and O–H groups in total. The van der Waals surface area contributed by atoms with Gasteiger partial charge in [0, 0.05) is 47.1 Å². The summed E-state index contributed by atoms with van der Waals surface area (Å²) in [6.07, 6.45) is 37.5. The zero-order chi connectivity index (χ0) is 32.4. The zero-order valence-corrected chi connectivity index (χ0v) is 28.9. The van der Waals surface area contributed by atoms with Gasteiger partial charge in [0.2, 0.25) is 0 Å². The second-order valence-electron chi connectivity index (χ2n) is 15.7. The summed E-state index contributed by atoms with van der Waals surface area (Å²) in [4.78, 5) is 10.2. The Kier molecular flexibility index (Phi) is 7.37. The van der Waals surface area contributed by atoms with Crippen LogP contribution in [0.1, 0.15) is 89.2 Å². The molecule has 9 rings (SSSR count). The quantitative estimate of drug-likeness (QED) is 0.306. The van der Waals surface area contributed by atoms with Crippen molar-refractivity contribution in [3.8, 4) is 0 Å². The van der Waals surface area contributed by atoms with Crippen molar-refractivity contribution in [1.82, 2.24) is 9.88 Å². The molecule has 1 aliphatic heterocycles. The predicted octanol–water partition coefficient (Wildman–Crippen LogP) is 10.9.